The van der Waals surface area contributed by atoms with Crippen molar-refractivity contribution in [3.8, 4) is 5.75 Å². The molecule has 2 fully saturated rings. The summed E-state index contributed by atoms with van der Waals surface area (Å²) in [5.74, 6) is -2.96. The topological polar surface area (TPSA) is 113 Å². The molecular weight excluding hydrogens is 456 g/mol. The van der Waals surface area contributed by atoms with Crippen LogP contribution in [0.4, 0.5) is 5.69 Å². The van der Waals surface area contributed by atoms with Crippen molar-refractivity contribution < 1.29 is 29.0 Å². The van der Waals surface area contributed by atoms with Crippen LogP contribution < -0.4 is 10.2 Å². The summed E-state index contributed by atoms with van der Waals surface area (Å²) < 4.78 is 5.14. The van der Waals surface area contributed by atoms with Gasteiger partial charge in [-0.15, -0.1) is 0 Å². The monoisotopic (exact) mass is 482 g/mol. The van der Waals surface area contributed by atoms with E-state index < -0.39 is 41.2 Å². The zero-order valence-corrected chi connectivity index (χ0v) is 19.9. The average molecular weight is 483 g/mol. The normalized spacial score (nSPS) is 26.0. The van der Waals surface area contributed by atoms with Crippen LogP contribution in [-0.4, -0.2) is 53.3 Å². The van der Waals surface area contributed by atoms with E-state index in [9.17, 15) is 24.3 Å². The number of ether oxygens (including phenoxy) is 1. The highest BCUT2D eigenvalue weighted by Gasteiger charge is 2.68. The highest BCUT2D eigenvalue weighted by atomic mass is 32.2. The minimum atomic E-state index is -1.40. The molecule has 2 saturated heterocycles. The Bertz CT molecular complexity index is 1150. The molecule has 0 unspecified atom stereocenters. The van der Waals surface area contributed by atoms with Gasteiger partial charge in [-0.25, -0.2) is 4.90 Å². The second-order valence-electron chi connectivity index (χ2n) is 8.54. The summed E-state index contributed by atoms with van der Waals surface area (Å²) in [7, 11) is 1.27. The molecule has 2 aromatic rings. The van der Waals surface area contributed by atoms with E-state index in [4.69, 9.17) is 4.74 Å². The van der Waals surface area contributed by atoms with Crippen molar-refractivity contribution in [2.24, 2.45) is 11.8 Å². The molecule has 4 rings (SSSR count). The largest absolute Gasteiger partial charge is 0.508 e. The van der Waals surface area contributed by atoms with Crippen molar-refractivity contribution in [1.82, 2.24) is 5.32 Å². The Balaban J connectivity index is 1.86. The van der Waals surface area contributed by atoms with Crippen LogP contribution in [0.5, 0.6) is 5.75 Å². The van der Waals surface area contributed by atoms with E-state index in [2.05, 4.69) is 5.32 Å². The number of benzene rings is 2. The van der Waals surface area contributed by atoms with Crippen LogP contribution >= 0.6 is 11.8 Å². The Morgan fingerprint density at radius 1 is 1.15 bits per heavy atom. The lowest BCUT2D eigenvalue weighted by Crippen LogP contribution is -2.56. The Morgan fingerprint density at radius 3 is 2.47 bits per heavy atom. The fourth-order valence-electron chi connectivity index (χ4n) is 5.05. The standard InChI is InChI=1S/C25H26N2O6S/c1-14(28)16-5-4-6-17(13-16)27-22(30)19-20(23(27)31)25(11-12-34-3,24(32)33-2)26-21(19)15-7-9-18(29)10-8-15/h4-10,13,19-21,26,29H,11-12H2,1-3H3/t19-,20+,21+,25-/m1/s1. The Morgan fingerprint density at radius 2 is 1.85 bits per heavy atom. The predicted molar refractivity (Wildman–Crippen MR) is 128 cm³/mol. The first-order valence-corrected chi connectivity index (χ1v) is 12.3. The van der Waals surface area contributed by atoms with Crippen molar-refractivity contribution >= 4 is 41.0 Å². The third-order valence-corrected chi connectivity index (χ3v) is 7.28. The molecule has 2 amide bonds. The number of anilines is 1. The fraction of sp³-hybridized carbons (Fsp3) is 0.360. The Kier molecular flexibility index (Phi) is 6.51. The number of imide groups is 1. The highest BCUT2D eigenvalue weighted by Crippen LogP contribution is 2.51. The van der Waals surface area contributed by atoms with Gasteiger partial charge in [0.05, 0.1) is 24.6 Å². The van der Waals surface area contributed by atoms with E-state index in [1.165, 1.54) is 44.0 Å². The zero-order chi connectivity index (χ0) is 24.6. The van der Waals surface area contributed by atoms with E-state index >= 15 is 0 Å². The van der Waals surface area contributed by atoms with Crippen molar-refractivity contribution in [3.63, 3.8) is 0 Å². The molecular formula is C25H26N2O6S. The number of amides is 2. The van der Waals surface area contributed by atoms with Crippen LogP contribution in [0.15, 0.2) is 48.5 Å². The number of hydrogen-bond donors (Lipinski definition) is 2. The average Bonchev–Trinajstić information content (AvgIpc) is 3.31. The quantitative estimate of drug-likeness (QED) is 0.352. The minimum absolute atomic E-state index is 0.0661. The molecule has 4 atom stereocenters. The molecule has 2 aromatic carbocycles. The zero-order valence-electron chi connectivity index (χ0n) is 19.1. The van der Waals surface area contributed by atoms with Crippen LogP contribution in [0.3, 0.4) is 0 Å². The van der Waals surface area contributed by atoms with Gasteiger partial charge in [0.15, 0.2) is 5.78 Å². The van der Waals surface area contributed by atoms with Gasteiger partial charge in [-0.1, -0.05) is 24.3 Å². The lowest BCUT2D eigenvalue weighted by atomic mass is 9.78. The molecule has 0 saturated carbocycles. The summed E-state index contributed by atoms with van der Waals surface area (Å²) in [6.45, 7) is 1.41. The van der Waals surface area contributed by atoms with Crippen molar-refractivity contribution in [2.75, 3.05) is 24.0 Å². The minimum Gasteiger partial charge on any atom is -0.508 e. The van der Waals surface area contributed by atoms with Crippen LogP contribution in [0, 0.1) is 11.8 Å². The predicted octanol–water partition coefficient (Wildman–Crippen LogP) is 2.71. The van der Waals surface area contributed by atoms with E-state index in [1.807, 2.05) is 6.26 Å². The van der Waals surface area contributed by atoms with E-state index in [0.29, 0.717) is 22.6 Å². The molecule has 2 aliphatic rings. The summed E-state index contributed by atoms with van der Waals surface area (Å²) in [5, 5.41) is 13.0. The third kappa shape index (κ3) is 3.78. The molecule has 0 spiro atoms. The molecule has 178 valence electrons. The maximum atomic E-state index is 13.8. The third-order valence-electron chi connectivity index (χ3n) is 6.67. The number of hydrogen-bond acceptors (Lipinski definition) is 8. The molecule has 0 bridgehead atoms. The number of fused-ring (bicyclic) bond motifs is 1. The van der Waals surface area contributed by atoms with Gasteiger partial charge >= 0.3 is 5.97 Å². The molecule has 8 nitrogen and oxygen atoms in total. The van der Waals surface area contributed by atoms with Crippen molar-refractivity contribution in [2.45, 2.75) is 24.9 Å². The van der Waals surface area contributed by atoms with Gasteiger partial charge in [-0.2, -0.15) is 11.8 Å². The van der Waals surface area contributed by atoms with Gasteiger partial charge in [-0.05, 0) is 55.2 Å². The summed E-state index contributed by atoms with van der Waals surface area (Å²) in [4.78, 5) is 53.8. The van der Waals surface area contributed by atoms with Crippen LogP contribution in [-0.2, 0) is 19.1 Å². The van der Waals surface area contributed by atoms with Crippen LogP contribution in [0.2, 0.25) is 0 Å². The molecule has 34 heavy (non-hydrogen) atoms. The number of phenols is 1. The van der Waals surface area contributed by atoms with Gasteiger partial charge in [0.25, 0.3) is 0 Å². The second kappa shape index (κ2) is 9.23. The molecule has 9 heteroatoms. The summed E-state index contributed by atoms with van der Waals surface area (Å²) in [6.07, 6.45) is 2.19. The summed E-state index contributed by atoms with van der Waals surface area (Å²) in [5.41, 5.74) is -0.0524. The summed E-state index contributed by atoms with van der Waals surface area (Å²) >= 11 is 1.52. The maximum Gasteiger partial charge on any atom is 0.326 e. The molecule has 2 N–H and O–H groups in total. The van der Waals surface area contributed by atoms with E-state index in [1.54, 1.807) is 30.3 Å². The van der Waals surface area contributed by atoms with Crippen molar-refractivity contribution in [3.05, 3.63) is 59.7 Å². The SMILES string of the molecule is COC(=O)[C@]1(CCSC)N[C@@H](c2ccc(O)cc2)[C@@H]2C(=O)N(c3cccc(C(C)=O)c3)C(=O)[C@H]21. The Hall–Kier alpha value is -3.17. The number of esters is 1. The fourth-order valence-corrected chi connectivity index (χ4v) is 5.58. The number of rotatable bonds is 7. The number of carbonyl (C=O) groups excluding carboxylic acids is 4. The van der Waals surface area contributed by atoms with Crippen LogP contribution in [0.1, 0.15) is 35.3 Å². The second-order valence-corrected chi connectivity index (χ2v) is 9.53. The van der Waals surface area contributed by atoms with Gasteiger partial charge < -0.3 is 9.84 Å². The van der Waals surface area contributed by atoms with Crippen LogP contribution in [0.25, 0.3) is 0 Å². The summed E-state index contributed by atoms with van der Waals surface area (Å²) in [6, 6.07) is 12.1. The van der Waals surface area contributed by atoms with E-state index in [0.717, 1.165) is 4.90 Å². The van der Waals surface area contributed by atoms with Gasteiger partial charge in [0, 0.05) is 11.6 Å². The molecule has 2 aliphatic heterocycles. The maximum absolute atomic E-state index is 13.8. The molecule has 2 heterocycles. The number of nitrogens with zero attached hydrogens (tertiary/aromatic N) is 1. The first-order chi connectivity index (χ1) is 16.2. The van der Waals surface area contributed by atoms with Gasteiger partial charge in [-0.3, -0.25) is 24.5 Å². The number of nitrogens with one attached hydrogen (secondary N) is 1. The molecule has 0 aromatic heterocycles. The van der Waals surface area contributed by atoms with Gasteiger partial charge in [0.1, 0.15) is 11.3 Å². The first kappa shape index (κ1) is 24.0. The van der Waals surface area contributed by atoms with E-state index in [-0.39, 0.29) is 18.0 Å². The van der Waals surface area contributed by atoms with Gasteiger partial charge in [0.2, 0.25) is 11.8 Å². The first-order valence-electron chi connectivity index (χ1n) is 10.9. The number of Topliss-reactive ketones (excluding diaryl/α,β-unsaturated/α-hetero) is 1. The number of aromatic hydroxyl groups is 1. The molecule has 0 radical (unpaired) electrons. The number of phenolic OH excluding ortho intramolecular Hbond substituents is 1. The smallest absolute Gasteiger partial charge is 0.326 e. The van der Waals surface area contributed by atoms with Crippen molar-refractivity contribution in [1.29, 1.82) is 0 Å². The lowest BCUT2D eigenvalue weighted by molar-refractivity contribution is -0.152. The highest BCUT2D eigenvalue weighted by molar-refractivity contribution is 7.98. The number of ketones is 1. The number of carbonyl (C=O) groups is 4. The number of thioether (sulfide) groups is 1. The lowest BCUT2D eigenvalue weighted by Gasteiger charge is -2.32. The Labute approximate surface area is 201 Å². The molecule has 0 aliphatic carbocycles. The number of methoxy groups -OCH3 is 1.